The number of rotatable bonds is 3. The van der Waals surface area contributed by atoms with Gasteiger partial charge in [0.1, 0.15) is 36.6 Å². The van der Waals surface area contributed by atoms with E-state index in [-0.39, 0.29) is 6.42 Å². The first-order valence-electron chi connectivity index (χ1n) is 8.09. The van der Waals surface area contributed by atoms with Gasteiger partial charge in [-0.05, 0) is 13.3 Å². The summed E-state index contributed by atoms with van der Waals surface area (Å²) in [4.78, 5) is 10.7. The van der Waals surface area contributed by atoms with Gasteiger partial charge >= 0.3 is 5.97 Å². The van der Waals surface area contributed by atoms with E-state index in [0.717, 1.165) is 0 Å². The van der Waals surface area contributed by atoms with Crippen LogP contribution >= 0.6 is 0 Å². The normalized spacial score (nSPS) is 46.6. The third-order valence-corrected chi connectivity index (χ3v) is 4.70. The number of aliphatic carboxylic acids is 1. The second kappa shape index (κ2) is 8.10. The molecule has 0 spiro atoms. The van der Waals surface area contributed by atoms with E-state index in [1.165, 1.54) is 0 Å². The minimum atomic E-state index is -1.74. The van der Waals surface area contributed by atoms with Crippen LogP contribution < -0.4 is 11.1 Å². The van der Waals surface area contributed by atoms with Crippen LogP contribution in [0.25, 0.3) is 0 Å². The summed E-state index contributed by atoms with van der Waals surface area (Å²) in [6.45, 7) is 1.59. The third kappa shape index (κ3) is 4.13. The lowest BCUT2D eigenvalue weighted by atomic mass is 9.84. The fraction of sp³-hybridized carbons (Fsp3) is 0.857. The van der Waals surface area contributed by atoms with E-state index in [9.17, 15) is 30.3 Å². The molecule has 1 aliphatic carbocycles. The Kier molecular flexibility index (Phi) is 6.52. The van der Waals surface area contributed by atoms with Crippen LogP contribution in [-0.4, -0.2) is 104 Å². The van der Waals surface area contributed by atoms with Crippen LogP contribution in [0.5, 0.6) is 0 Å². The van der Waals surface area contributed by atoms with Crippen LogP contribution in [0, 0.1) is 5.41 Å². The molecule has 0 aromatic rings. The van der Waals surface area contributed by atoms with E-state index in [1.807, 2.05) is 0 Å². The highest BCUT2D eigenvalue weighted by molar-refractivity contribution is 6.33. The summed E-state index contributed by atoms with van der Waals surface area (Å²) in [5, 5.41) is 67.6. The lowest BCUT2D eigenvalue weighted by Crippen LogP contribution is -2.66. The quantitative estimate of drug-likeness (QED) is 0.168. The van der Waals surface area contributed by atoms with Crippen molar-refractivity contribution in [3.05, 3.63) is 0 Å². The SMILES string of the molecule is C[C@H]1O[C@H](OC2[C@@H](O)[C@@H](O)[C@H](O)[C@H](O)[C@H]2O)[C@@H](N)C[C@@H]1NC(=N)C(=O)O. The first-order chi connectivity index (χ1) is 12.0. The number of nitrogens with one attached hydrogen (secondary N) is 2. The molecule has 150 valence electrons. The van der Waals surface area contributed by atoms with E-state index >= 15 is 0 Å². The van der Waals surface area contributed by atoms with Crippen LogP contribution in [0.1, 0.15) is 13.3 Å². The summed E-state index contributed by atoms with van der Waals surface area (Å²) in [6, 6.07) is -1.39. The van der Waals surface area contributed by atoms with Gasteiger partial charge in [0.2, 0.25) is 5.84 Å². The van der Waals surface area contributed by atoms with E-state index in [0.29, 0.717) is 0 Å². The number of carboxylic acids is 1. The standard InChI is InChI=1S/C14H25N3O9/c1-3-5(17-12(16)13(23)24)2-4(15)14(25-3)26-11-9(21)7(19)6(18)8(20)10(11)22/h3-11,14,18-22H,2,15H2,1H3,(H2,16,17)(H,23,24)/t3-,4+,5+,6-,7+,8+,9-,10+,11?,14-/m1/s1. The topological polar surface area (TPSA) is 219 Å². The van der Waals surface area contributed by atoms with Crippen LogP contribution in [-0.2, 0) is 14.3 Å². The number of aliphatic hydroxyl groups is 5. The molecule has 0 amide bonds. The molecule has 1 saturated carbocycles. The molecule has 26 heavy (non-hydrogen) atoms. The molecule has 1 unspecified atom stereocenters. The number of carboxylic acid groups (broad SMARTS) is 1. The summed E-state index contributed by atoms with van der Waals surface area (Å²) >= 11 is 0. The van der Waals surface area contributed by atoms with Crippen molar-refractivity contribution in [2.24, 2.45) is 5.73 Å². The molecule has 1 saturated heterocycles. The lowest BCUT2D eigenvalue weighted by Gasteiger charge is -2.45. The first-order valence-corrected chi connectivity index (χ1v) is 8.09. The summed E-state index contributed by atoms with van der Waals surface area (Å²) in [6.07, 6.45) is -11.7. The van der Waals surface area contributed by atoms with E-state index in [1.54, 1.807) is 6.92 Å². The molecule has 12 nitrogen and oxygen atoms in total. The monoisotopic (exact) mass is 379 g/mol. The van der Waals surface area contributed by atoms with Gasteiger partial charge in [-0.2, -0.15) is 0 Å². The second-order valence-corrected chi connectivity index (χ2v) is 6.59. The molecule has 2 aliphatic rings. The van der Waals surface area contributed by atoms with Gasteiger partial charge < -0.3 is 51.2 Å². The average Bonchev–Trinajstić information content (AvgIpc) is 2.58. The van der Waals surface area contributed by atoms with Crippen LogP contribution in [0.2, 0.25) is 0 Å². The maximum absolute atomic E-state index is 10.7. The molecule has 12 heteroatoms. The minimum absolute atomic E-state index is 0.161. The van der Waals surface area contributed by atoms with Gasteiger partial charge in [-0.1, -0.05) is 0 Å². The van der Waals surface area contributed by atoms with Crippen molar-refractivity contribution in [1.82, 2.24) is 5.32 Å². The van der Waals surface area contributed by atoms with Gasteiger partial charge in [0.05, 0.1) is 18.2 Å². The Hall–Kier alpha value is -1.38. The molecule has 10 N–H and O–H groups in total. The molecular formula is C14H25N3O9. The zero-order valence-electron chi connectivity index (χ0n) is 14.0. The van der Waals surface area contributed by atoms with Gasteiger partial charge in [0.15, 0.2) is 6.29 Å². The Morgan fingerprint density at radius 3 is 2.12 bits per heavy atom. The zero-order valence-corrected chi connectivity index (χ0v) is 14.0. The summed E-state index contributed by atoms with van der Waals surface area (Å²) < 4.78 is 11.0. The molecule has 0 radical (unpaired) electrons. The predicted molar refractivity (Wildman–Crippen MR) is 84.1 cm³/mol. The Balaban J connectivity index is 2.02. The lowest BCUT2D eigenvalue weighted by molar-refractivity contribution is -0.293. The van der Waals surface area contributed by atoms with Crippen molar-refractivity contribution < 1.29 is 44.9 Å². The highest BCUT2D eigenvalue weighted by Gasteiger charge is 2.50. The molecule has 0 bridgehead atoms. The summed E-state index contributed by atoms with van der Waals surface area (Å²) in [5.74, 6) is -2.14. The summed E-state index contributed by atoms with van der Waals surface area (Å²) in [5.41, 5.74) is 5.94. The highest BCUT2D eigenvalue weighted by atomic mass is 16.7. The maximum Gasteiger partial charge on any atom is 0.370 e. The predicted octanol–water partition coefficient (Wildman–Crippen LogP) is -4.33. The third-order valence-electron chi connectivity index (χ3n) is 4.70. The smallest absolute Gasteiger partial charge is 0.370 e. The van der Waals surface area contributed by atoms with E-state index in [4.69, 9.17) is 25.7 Å². The van der Waals surface area contributed by atoms with Gasteiger partial charge in [-0.15, -0.1) is 0 Å². The number of ether oxygens (including phenoxy) is 2. The fourth-order valence-electron chi connectivity index (χ4n) is 3.07. The largest absolute Gasteiger partial charge is 0.475 e. The van der Waals surface area contributed by atoms with Gasteiger partial charge in [0.25, 0.3) is 0 Å². The molecule has 1 aliphatic heterocycles. The van der Waals surface area contributed by atoms with Crippen molar-refractivity contribution in [2.45, 2.75) is 74.4 Å². The van der Waals surface area contributed by atoms with Crippen LogP contribution in [0.3, 0.4) is 0 Å². The summed E-state index contributed by atoms with van der Waals surface area (Å²) in [7, 11) is 0. The Morgan fingerprint density at radius 2 is 1.62 bits per heavy atom. The number of aliphatic hydroxyl groups excluding tert-OH is 5. The number of amidine groups is 1. The van der Waals surface area contributed by atoms with E-state index in [2.05, 4.69) is 5.32 Å². The Morgan fingerprint density at radius 1 is 1.12 bits per heavy atom. The van der Waals surface area contributed by atoms with Crippen LogP contribution in [0.4, 0.5) is 0 Å². The highest BCUT2D eigenvalue weighted by Crippen LogP contribution is 2.28. The van der Waals surface area contributed by atoms with Gasteiger partial charge in [-0.3, -0.25) is 5.41 Å². The Bertz CT molecular complexity index is 520. The zero-order chi connectivity index (χ0) is 19.8. The molecule has 2 rings (SSSR count). The van der Waals surface area contributed by atoms with Crippen molar-refractivity contribution in [1.29, 1.82) is 5.41 Å². The molecule has 2 fully saturated rings. The van der Waals surface area contributed by atoms with Crippen molar-refractivity contribution >= 4 is 11.8 Å². The molecular weight excluding hydrogens is 354 g/mol. The van der Waals surface area contributed by atoms with Gasteiger partial charge in [0, 0.05) is 0 Å². The Labute approximate surface area is 148 Å². The maximum atomic E-state index is 10.7. The van der Waals surface area contributed by atoms with Gasteiger partial charge in [-0.25, -0.2) is 4.79 Å². The van der Waals surface area contributed by atoms with Crippen LogP contribution in [0.15, 0.2) is 0 Å². The average molecular weight is 379 g/mol. The number of hydrogen-bond acceptors (Lipinski definition) is 10. The molecule has 1 heterocycles. The minimum Gasteiger partial charge on any atom is -0.475 e. The molecule has 10 atom stereocenters. The number of nitrogens with two attached hydrogens (primary N) is 1. The van der Waals surface area contributed by atoms with Crippen molar-refractivity contribution in [3.63, 3.8) is 0 Å². The molecule has 0 aromatic carbocycles. The van der Waals surface area contributed by atoms with Crippen molar-refractivity contribution in [3.8, 4) is 0 Å². The fourth-order valence-corrected chi connectivity index (χ4v) is 3.07. The first kappa shape index (κ1) is 20.9. The molecule has 0 aromatic heterocycles. The van der Waals surface area contributed by atoms with Crippen molar-refractivity contribution in [2.75, 3.05) is 0 Å². The second-order valence-electron chi connectivity index (χ2n) is 6.59. The number of carbonyl (C=O) groups is 1. The number of hydrogen-bond donors (Lipinski definition) is 9. The van der Waals surface area contributed by atoms with E-state index < -0.39 is 72.9 Å².